The van der Waals surface area contributed by atoms with E-state index in [9.17, 15) is 62.6 Å². The van der Waals surface area contributed by atoms with E-state index in [4.69, 9.17) is 9.84 Å². The van der Waals surface area contributed by atoms with E-state index in [-0.39, 0.29) is 162 Å². The number of anilines is 1. The molecule has 0 aromatic heterocycles. The third-order valence-electron chi connectivity index (χ3n) is 19.5. The number of allylic oxidation sites excluding steroid dienone is 3. The van der Waals surface area contributed by atoms with E-state index in [0.29, 0.717) is 74.7 Å². The number of benzene rings is 5. The number of fused-ring (bicyclic) bond motifs is 2. The summed E-state index contributed by atoms with van der Waals surface area (Å²) in [4.78, 5) is 160. The van der Waals surface area contributed by atoms with Crippen LogP contribution < -0.4 is 41.5 Å². The number of carbonyl (C=O) groups is 12. The first-order valence-corrected chi connectivity index (χ1v) is 38.3. The summed E-state index contributed by atoms with van der Waals surface area (Å²) in [6.45, 7) is 10.6. The molecule has 0 saturated carbocycles. The van der Waals surface area contributed by atoms with Crippen molar-refractivity contribution in [2.24, 2.45) is 17.8 Å². The van der Waals surface area contributed by atoms with E-state index >= 15 is 0 Å². The second-order valence-corrected chi connectivity index (χ2v) is 27.8. The predicted molar refractivity (Wildman–Crippen MR) is 415 cm³/mol. The van der Waals surface area contributed by atoms with Gasteiger partial charge in [-0.25, -0.2) is 0 Å². The molecule has 5 aromatic carbocycles. The number of nitrogens with one attached hydrogen (secondary N) is 6. The van der Waals surface area contributed by atoms with E-state index in [1.54, 1.807) is 31.2 Å². The van der Waals surface area contributed by atoms with Crippen LogP contribution in [0.5, 0.6) is 5.75 Å². The van der Waals surface area contributed by atoms with E-state index in [2.05, 4.69) is 87.1 Å². The van der Waals surface area contributed by atoms with Crippen molar-refractivity contribution < 1.29 is 72.5 Å². The maximum atomic E-state index is 14.4. The Kier molecular flexibility index (Phi) is 35.4. The Morgan fingerprint density at radius 2 is 1.14 bits per heavy atom. The number of carboxylic acids is 2. The molecular formula is C86H107N7O15. The molecule has 22 heteroatoms. The van der Waals surface area contributed by atoms with Gasteiger partial charge in [-0.3, -0.25) is 57.5 Å². The van der Waals surface area contributed by atoms with Gasteiger partial charge in [0.25, 0.3) is 5.91 Å². The molecule has 8 N–H and O–H groups in total. The largest absolute Gasteiger partial charge is 0.481 e. The first-order chi connectivity index (χ1) is 52.1. The fraction of sp³-hybridized carbons (Fsp3) is 0.442. The SMILES string of the molecule is CCCNC(=O)[C@H](C)CC(=O)C(CCCCNC(=O)c1ccccc1C1=C2C=CCC=C2Oc2cc(N(CC)CC)ccc21)NC(=O)CCCCC(=O)c1ccc(CNC(=O)[C@@H](CC(=O)[C@H](Cc2ccccc2)NC(=O)CCCCC(=O)CCCNC(=O)CC[C@@H](CCC(=O)O)C(=O)O)Cc2ccccc2)cc1. The van der Waals surface area contributed by atoms with Crippen molar-refractivity contribution in [1.82, 2.24) is 31.9 Å². The van der Waals surface area contributed by atoms with Gasteiger partial charge in [0.05, 0.1) is 18.0 Å². The van der Waals surface area contributed by atoms with Gasteiger partial charge in [0.15, 0.2) is 17.3 Å². The zero-order valence-electron chi connectivity index (χ0n) is 62.9. The van der Waals surface area contributed by atoms with Crippen LogP contribution in [0.1, 0.15) is 211 Å². The van der Waals surface area contributed by atoms with Gasteiger partial charge in [-0.2, -0.15) is 0 Å². The molecule has 0 bridgehead atoms. The van der Waals surface area contributed by atoms with Gasteiger partial charge >= 0.3 is 11.9 Å². The second kappa shape index (κ2) is 45.1. The highest BCUT2D eigenvalue weighted by molar-refractivity contribution is 6.04. The highest BCUT2D eigenvalue weighted by atomic mass is 16.5. The lowest BCUT2D eigenvalue weighted by molar-refractivity contribution is -0.143. The Hall–Kier alpha value is -10.6. The number of nitrogens with zero attached hydrogens (tertiary/aromatic N) is 1. The number of rotatable bonds is 50. The molecule has 5 atom stereocenters. The molecule has 2 aliphatic rings. The minimum atomic E-state index is -1.16. The molecule has 0 saturated heterocycles. The fourth-order valence-corrected chi connectivity index (χ4v) is 13.3. The van der Waals surface area contributed by atoms with Gasteiger partial charge in [-0.1, -0.05) is 129 Å². The molecule has 6 amide bonds. The average Bonchev–Trinajstić information content (AvgIpc) is 0.750. The molecule has 22 nitrogen and oxygen atoms in total. The molecule has 0 radical (unpaired) electrons. The Morgan fingerprint density at radius 1 is 0.519 bits per heavy atom. The van der Waals surface area contributed by atoms with E-state index in [1.807, 2.05) is 91.9 Å². The molecule has 576 valence electrons. The number of unbranched alkanes of at least 4 members (excludes halogenated alkanes) is 3. The Bertz CT molecular complexity index is 4000. The van der Waals surface area contributed by atoms with Crippen LogP contribution in [-0.4, -0.2) is 126 Å². The summed E-state index contributed by atoms with van der Waals surface area (Å²) in [5.74, 6) is -5.97. The Labute approximate surface area is 634 Å². The summed E-state index contributed by atoms with van der Waals surface area (Å²) in [7, 11) is 0. The lowest BCUT2D eigenvalue weighted by Crippen LogP contribution is -2.44. The molecule has 0 fully saturated rings. The average molecular weight is 1480 g/mol. The summed E-state index contributed by atoms with van der Waals surface area (Å²) < 4.78 is 6.50. The van der Waals surface area contributed by atoms with Crippen molar-refractivity contribution in [1.29, 1.82) is 0 Å². The molecular weight excluding hydrogens is 1370 g/mol. The summed E-state index contributed by atoms with van der Waals surface area (Å²) in [5.41, 5.74) is 7.82. The third kappa shape index (κ3) is 27.9. The van der Waals surface area contributed by atoms with Gasteiger partial charge in [0.1, 0.15) is 17.3 Å². The van der Waals surface area contributed by atoms with Crippen LogP contribution in [0.15, 0.2) is 157 Å². The number of hydrogen-bond donors (Lipinski definition) is 8. The second-order valence-electron chi connectivity index (χ2n) is 27.8. The van der Waals surface area contributed by atoms with Crippen molar-refractivity contribution in [2.45, 2.75) is 194 Å². The number of ketones is 4. The van der Waals surface area contributed by atoms with E-state index in [1.165, 1.54) is 0 Å². The minimum Gasteiger partial charge on any atom is -0.481 e. The number of ether oxygens (including phenoxy) is 1. The molecule has 1 aliphatic heterocycles. The predicted octanol–water partition coefficient (Wildman–Crippen LogP) is 12.1. The fourth-order valence-electron chi connectivity index (χ4n) is 13.3. The Balaban J connectivity index is 0.866. The first kappa shape index (κ1) is 84.6. The van der Waals surface area contributed by atoms with Crippen LogP contribution in [0, 0.1) is 17.8 Å². The maximum Gasteiger partial charge on any atom is 0.306 e. The van der Waals surface area contributed by atoms with E-state index in [0.717, 1.165) is 76.5 Å². The van der Waals surface area contributed by atoms with Gasteiger partial charge in [-0.15, -0.1) is 0 Å². The number of carboxylic acid groups (broad SMARTS) is 2. The topological polar surface area (TPSA) is 330 Å². The number of Topliss-reactive ketones (excluding diaryl/α,β-unsaturated/α-hetero) is 4. The number of aliphatic carboxylic acids is 2. The molecule has 1 unspecified atom stereocenters. The lowest BCUT2D eigenvalue weighted by atomic mass is 9.85. The van der Waals surface area contributed by atoms with Gasteiger partial charge in [0, 0.05) is 148 Å². The normalized spacial score (nSPS) is 13.5. The van der Waals surface area contributed by atoms with Gasteiger partial charge in [-0.05, 0) is 150 Å². The van der Waals surface area contributed by atoms with Crippen LogP contribution in [0.4, 0.5) is 5.69 Å². The van der Waals surface area contributed by atoms with Crippen molar-refractivity contribution in [3.05, 3.63) is 196 Å². The molecule has 7 rings (SSSR count). The van der Waals surface area contributed by atoms with Crippen LogP contribution in [0.3, 0.4) is 0 Å². The number of amides is 6. The van der Waals surface area contributed by atoms with Crippen LogP contribution in [0.2, 0.25) is 0 Å². The van der Waals surface area contributed by atoms with Crippen molar-refractivity contribution in [3.63, 3.8) is 0 Å². The van der Waals surface area contributed by atoms with Crippen LogP contribution in [0.25, 0.3) is 5.57 Å². The van der Waals surface area contributed by atoms with Gasteiger partial charge < -0.3 is 51.8 Å². The summed E-state index contributed by atoms with van der Waals surface area (Å²) in [6.07, 6.45) is 11.2. The highest BCUT2D eigenvalue weighted by Gasteiger charge is 2.32. The van der Waals surface area contributed by atoms with Crippen LogP contribution in [-0.2, 0) is 67.3 Å². The molecule has 108 heavy (non-hydrogen) atoms. The van der Waals surface area contributed by atoms with E-state index < -0.39 is 41.8 Å². The minimum absolute atomic E-state index is 0.00166. The monoisotopic (exact) mass is 1480 g/mol. The number of hydrogen-bond acceptors (Lipinski definition) is 14. The maximum absolute atomic E-state index is 14.4. The zero-order valence-corrected chi connectivity index (χ0v) is 62.9. The van der Waals surface area contributed by atoms with Crippen molar-refractivity contribution in [3.8, 4) is 5.75 Å². The highest BCUT2D eigenvalue weighted by Crippen LogP contribution is 2.45. The quantitative estimate of drug-likeness (QED) is 0.0132. The smallest absolute Gasteiger partial charge is 0.306 e. The summed E-state index contributed by atoms with van der Waals surface area (Å²) in [6, 6.07) is 37.3. The van der Waals surface area contributed by atoms with Crippen molar-refractivity contribution in [2.75, 3.05) is 37.6 Å². The zero-order chi connectivity index (χ0) is 77.7. The Morgan fingerprint density at radius 3 is 1.81 bits per heavy atom. The summed E-state index contributed by atoms with van der Waals surface area (Å²) in [5, 5.41) is 35.7. The molecule has 0 spiro atoms. The number of carbonyl (C=O) groups excluding carboxylic acids is 10. The van der Waals surface area contributed by atoms with Crippen molar-refractivity contribution >= 4 is 81.8 Å². The summed E-state index contributed by atoms with van der Waals surface area (Å²) >= 11 is 0. The molecule has 5 aromatic rings. The van der Waals surface area contributed by atoms with Gasteiger partial charge in [0.2, 0.25) is 29.5 Å². The molecule has 1 heterocycles. The third-order valence-corrected chi connectivity index (χ3v) is 19.5. The van der Waals surface area contributed by atoms with Crippen LogP contribution >= 0.6 is 0 Å². The lowest BCUT2D eigenvalue weighted by Gasteiger charge is -2.29. The standard InChI is InChI=1S/C86H107N7O15/c1-5-49-88-83(103)58(4)52-74(96)71(34-22-23-50-89-85(105)68-32-16-15-31-67(68)82-69-33-17-19-36-76(69)108-77-56-65(45-46-70(77)82)93(6-2)7-3)91-79(99)38-21-18-35-73(95)62-41-39-61(40-42-62)57-90-84(104)64(53-59-25-10-8-11-26-59)55-75(97)72(54-60-27-12-9-13-28-60)92-80(100)37-20-14-29-66(94)30-24-51-87-78(98)47-43-63(86(106)107)44-48-81(101)102/h8-13,15-17,25-28,31-33,36,39-42,45-46,56,58,63-64,71-72H,5-7,14,18-24,29-30,34-35,37-38,43-44,47-55,57H2,1-4H3,(H,87,98)(H,88,103)(H,89,105)(H,90,104)(H,91,99)(H,92,100)(H,101,102)(H,106,107)/t58-,63+,64-,71?,72+/m1/s1. The molecule has 1 aliphatic carbocycles. The first-order valence-electron chi connectivity index (χ1n) is 38.3.